The van der Waals surface area contributed by atoms with Crippen LogP contribution in [0.5, 0.6) is 0 Å². The fourth-order valence-electron chi connectivity index (χ4n) is 10.6. The number of hydrogen-bond acceptors (Lipinski definition) is 6. The van der Waals surface area contributed by atoms with Crippen LogP contribution < -0.4 is 0 Å². The molecule has 0 saturated carbocycles. The number of ether oxygens (including phenoxy) is 3. The Bertz CT molecular complexity index is 1440. The summed E-state index contributed by atoms with van der Waals surface area (Å²) in [6.07, 6.45) is 89.7. The van der Waals surface area contributed by atoms with E-state index in [2.05, 4.69) is 81.5 Å². The molecule has 0 aliphatic carbocycles. The Morgan fingerprint density at radius 1 is 0.247 bits per heavy atom. The first-order valence-corrected chi connectivity index (χ1v) is 35.8. The molecule has 0 aromatic heterocycles. The second-order valence-electron chi connectivity index (χ2n) is 24.1. The molecule has 0 aliphatic heterocycles. The second-order valence-corrected chi connectivity index (χ2v) is 24.1. The Balaban J connectivity index is 4.28. The van der Waals surface area contributed by atoms with Crippen LogP contribution in [-0.2, 0) is 28.6 Å². The number of rotatable bonds is 66. The molecule has 0 heterocycles. The van der Waals surface area contributed by atoms with Gasteiger partial charge in [0.25, 0.3) is 0 Å². The second kappa shape index (κ2) is 69.6. The lowest BCUT2D eigenvalue weighted by Gasteiger charge is -2.18. The summed E-state index contributed by atoms with van der Waals surface area (Å²) in [5.74, 6) is -0.877. The summed E-state index contributed by atoms with van der Waals surface area (Å²) in [4.78, 5) is 38.4. The lowest BCUT2D eigenvalue weighted by molar-refractivity contribution is -0.167. The average molecular weight is 1130 g/mol. The maximum absolute atomic E-state index is 13.0. The van der Waals surface area contributed by atoms with Gasteiger partial charge in [0, 0.05) is 19.3 Å². The summed E-state index contributed by atoms with van der Waals surface area (Å²) in [5.41, 5.74) is 0. The highest BCUT2D eigenvalue weighted by Crippen LogP contribution is 2.18. The molecule has 0 bridgehead atoms. The lowest BCUT2D eigenvalue weighted by Crippen LogP contribution is -2.30. The maximum Gasteiger partial charge on any atom is 0.306 e. The summed E-state index contributed by atoms with van der Waals surface area (Å²) in [5, 5.41) is 0. The third kappa shape index (κ3) is 67.8. The molecule has 0 radical (unpaired) electrons. The topological polar surface area (TPSA) is 78.9 Å². The zero-order chi connectivity index (χ0) is 58.5. The molecule has 0 aliphatic rings. The Hall–Kier alpha value is -2.89. The van der Waals surface area contributed by atoms with Crippen LogP contribution in [0.1, 0.15) is 380 Å². The van der Waals surface area contributed by atoms with Gasteiger partial charge in [0.1, 0.15) is 13.2 Å². The fourth-order valence-corrected chi connectivity index (χ4v) is 10.6. The van der Waals surface area contributed by atoms with Crippen LogP contribution in [0.25, 0.3) is 0 Å². The van der Waals surface area contributed by atoms with Crippen molar-refractivity contribution in [3.05, 3.63) is 60.8 Å². The zero-order valence-electron chi connectivity index (χ0n) is 54.3. The highest BCUT2D eigenvalue weighted by molar-refractivity contribution is 5.71. The molecule has 81 heavy (non-hydrogen) atoms. The quantitative estimate of drug-likeness (QED) is 0.0261. The van der Waals surface area contributed by atoms with Crippen molar-refractivity contribution in [2.24, 2.45) is 0 Å². The van der Waals surface area contributed by atoms with Crippen molar-refractivity contribution in [1.29, 1.82) is 0 Å². The number of carbonyl (C=O) groups excluding carboxylic acids is 3. The third-order valence-electron chi connectivity index (χ3n) is 16.0. The van der Waals surface area contributed by atoms with E-state index < -0.39 is 6.10 Å². The first-order valence-electron chi connectivity index (χ1n) is 35.8. The van der Waals surface area contributed by atoms with Crippen LogP contribution in [-0.4, -0.2) is 37.2 Å². The predicted molar refractivity (Wildman–Crippen MR) is 353 cm³/mol. The van der Waals surface area contributed by atoms with Gasteiger partial charge in [0.2, 0.25) is 0 Å². The smallest absolute Gasteiger partial charge is 0.306 e. The largest absolute Gasteiger partial charge is 0.462 e. The highest BCUT2D eigenvalue weighted by atomic mass is 16.6. The number of esters is 3. The Kier molecular flexibility index (Phi) is 67.1. The third-order valence-corrected chi connectivity index (χ3v) is 16.0. The van der Waals surface area contributed by atoms with Crippen LogP contribution in [0, 0.1) is 0 Å². The molecule has 0 aromatic carbocycles. The van der Waals surface area contributed by atoms with Gasteiger partial charge in [-0.2, -0.15) is 0 Å². The number of unbranched alkanes of at least 4 members (excludes halogenated alkanes) is 45. The SMILES string of the molecule is CCCC/C=C\C/C=C\CCCCCCCC(=O)OCC(COC(=O)CCCCCCCCCCCCCCCCCCCCCCCCCCCC)OC(=O)CCCCCCCCCC/C=C\C/C=C\C/C=C\CCCCCCC. The first kappa shape index (κ1) is 78.1. The summed E-state index contributed by atoms with van der Waals surface area (Å²) in [6.45, 7) is 6.63. The lowest BCUT2D eigenvalue weighted by atomic mass is 10.0. The standard InChI is InChI=1S/C75H136O6/c1-4-7-10-13-16-19-22-25-28-30-32-34-36-37-38-40-41-43-45-47-50-53-56-59-62-65-68-74(77)80-71-72(70-79-73(76)67-64-61-58-55-52-49-27-24-21-18-15-12-9-6-3)81-75(78)69-66-63-60-57-54-51-48-46-44-42-39-35-33-31-29-26-23-20-17-14-11-8-5-2/h15,18,23-24,26-27,31,33,39,42,72H,4-14,16-17,19-22,25,28-30,32,34-38,40-41,43-71H2,1-3H3/b18-15-,26-23-,27-24-,33-31-,42-39-. The minimum Gasteiger partial charge on any atom is -0.462 e. The summed E-state index contributed by atoms with van der Waals surface area (Å²) >= 11 is 0. The number of hydrogen-bond donors (Lipinski definition) is 0. The van der Waals surface area contributed by atoms with Crippen LogP contribution in [0.2, 0.25) is 0 Å². The van der Waals surface area contributed by atoms with Crippen molar-refractivity contribution < 1.29 is 28.6 Å². The monoisotopic (exact) mass is 1130 g/mol. The minimum atomic E-state index is -0.785. The van der Waals surface area contributed by atoms with E-state index in [1.807, 2.05) is 0 Å². The Labute approximate surface area is 504 Å². The predicted octanol–water partition coefficient (Wildman–Crippen LogP) is 24.7. The zero-order valence-corrected chi connectivity index (χ0v) is 54.3. The normalized spacial score (nSPS) is 12.4. The van der Waals surface area contributed by atoms with Gasteiger partial charge in [-0.25, -0.2) is 0 Å². The average Bonchev–Trinajstić information content (AvgIpc) is 3.47. The van der Waals surface area contributed by atoms with Gasteiger partial charge < -0.3 is 14.2 Å². The van der Waals surface area contributed by atoms with Crippen molar-refractivity contribution in [3.8, 4) is 0 Å². The molecule has 0 spiro atoms. The molecule has 0 amide bonds. The molecule has 0 rings (SSSR count). The Morgan fingerprint density at radius 3 is 0.728 bits per heavy atom. The van der Waals surface area contributed by atoms with E-state index in [0.29, 0.717) is 19.3 Å². The van der Waals surface area contributed by atoms with Crippen LogP contribution >= 0.6 is 0 Å². The van der Waals surface area contributed by atoms with Gasteiger partial charge in [0.05, 0.1) is 0 Å². The van der Waals surface area contributed by atoms with E-state index in [1.54, 1.807) is 0 Å². The van der Waals surface area contributed by atoms with E-state index in [1.165, 1.54) is 244 Å². The molecule has 0 N–H and O–H groups in total. The number of carbonyl (C=O) groups is 3. The van der Waals surface area contributed by atoms with E-state index in [9.17, 15) is 14.4 Å². The molecule has 472 valence electrons. The molecule has 1 atom stereocenters. The molecular formula is C75H136O6. The van der Waals surface area contributed by atoms with Gasteiger partial charge in [-0.05, 0) is 83.5 Å². The van der Waals surface area contributed by atoms with Crippen LogP contribution in [0.4, 0.5) is 0 Å². The molecule has 6 nitrogen and oxygen atoms in total. The highest BCUT2D eigenvalue weighted by Gasteiger charge is 2.19. The van der Waals surface area contributed by atoms with Gasteiger partial charge in [-0.1, -0.05) is 338 Å². The van der Waals surface area contributed by atoms with Crippen molar-refractivity contribution in [2.45, 2.75) is 386 Å². The van der Waals surface area contributed by atoms with Gasteiger partial charge in [-0.15, -0.1) is 0 Å². The van der Waals surface area contributed by atoms with Gasteiger partial charge >= 0.3 is 17.9 Å². The first-order chi connectivity index (χ1) is 40.0. The summed E-state index contributed by atoms with van der Waals surface area (Å²) in [7, 11) is 0. The van der Waals surface area contributed by atoms with E-state index >= 15 is 0 Å². The van der Waals surface area contributed by atoms with Crippen molar-refractivity contribution in [1.82, 2.24) is 0 Å². The van der Waals surface area contributed by atoms with Gasteiger partial charge in [0.15, 0.2) is 6.10 Å². The van der Waals surface area contributed by atoms with E-state index in [-0.39, 0.29) is 31.1 Å². The van der Waals surface area contributed by atoms with Crippen molar-refractivity contribution >= 4 is 17.9 Å². The maximum atomic E-state index is 13.0. The van der Waals surface area contributed by atoms with Crippen molar-refractivity contribution in [2.75, 3.05) is 13.2 Å². The van der Waals surface area contributed by atoms with E-state index in [4.69, 9.17) is 14.2 Å². The van der Waals surface area contributed by atoms with Gasteiger partial charge in [-0.3, -0.25) is 14.4 Å². The Morgan fingerprint density at radius 2 is 0.457 bits per heavy atom. The molecule has 1 unspecified atom stereocenters. The summed E-state index contributed by atoms with van der Waals surface area (Å²) < 4.78 is 17.0. The van der Waals surface area contributed by atoms with Crippen molar-refractivity contribution in [3.63, 3.8) is 0 Å². The summed E-state index contributed by atoms with van der Waals surface area (Å²) in [6, 6.07) is 0. The molecule has 0 saturated heterocycles. The fraction of sp³-hybridized carbons (Fsp3) is 0.827. The molecule has 0 fully saturated rings. The van der Waals surface area contributed by atoms with E-state index in [0.717, 1.165) is 96.3 Å². The van der Waals surface area contributed by atoms with Crippen LogP contribution in [0.3, 0.4) is 0 Å². The molecule has 6 heteroatoms. The molecule has 0 aromatic rings. The minimum absolute atomic E-state index is 0.0784. The molecular weight excluding hydrogens is 997 g/mol. The number of allylic oxidation sites excluding steroid dienone is 10. The van der Waals surface area contributed by atoms with Crippen LogP contribution in [0.15, 0.2) is 60.8 Å².